The largest absolute Gasteiger partial charge is 0.481 e. The first-order valence-corrected chi connectivity index (χ1v) is 7.35. The van der Waals surface area contributed by atoms with Crippen molar-refractivity contribution < 1.29 is 14.3 Å². The Labute approximate surface area is 139 Å². The summed E-state index contributed by atoms with van der Waals surface area (Å²) in [4.78, 5) is 16.9. The summed E-state index contributed by atoms with van der Waals surface area (Å²) in [5.74, 6) is 0.461. The number of aromatic nitrogens is 2. The van der Waals surface area contributed by atoms with E-state index >= 15 is 0 Å². The van der Waals surface area contributed by atoms with Crippen LogP contribution >= 0.6 is 0 Å². The minimum absolute atomic E-state index is 0.246. The number of rotatable bonds is 5. The van der Waals surface area contributed by atoms with E-state index in [1.807, 2.05) is 47.3 Å². The van der Waals surface area contributed by atoms with Gasteiger partial charge in [-0.2, -0.15) is 4.98 Å². The number of anilines is 1. The van der Waals surface area contributed by atoms with Crippen LogP contribution in [0.4, 0.5) is 5.69 Å². The van der Waals surface area contributed by atoms with Crippen LogP contribution in [0.1, 0.15) is 10.4 Å². The highest BCUT2D eigenvalue weighted by Gasteiger charge is 2.15. The van der Waals surface area contributed by atoms with Crippen LogP contribution in [0.15, 0.2) is 60.9 Å². The van der Waals surface area contributed by atoms with Crippen LogP contribution in [0.5, 0.6) is 11.8 Å². The third-order valence-electron chi connectivity index (χ3n) is 3.52. The van der Waals surface area contributed by atoms with Gasteiger partial charge in [-0.1, -0.05) is 12.1 Å². The summed E-state index contributed by atoms with van der Waals surface area (Å²) in [6, 6.07) is 14.5. The van der Waals surface area contributed by atoms with Crippen molar-refractivity contribution in [2.45, 2.75) is 0 Å². The van der Waals surface area contributed by atoms with Gasteiger partial charge in [-0.25, -0.2) is 0 Å². The number of carbonyl (C=O) groups excluding carboxylic acids is 1. The highest BCUT2D eigenvalue weighted by atomic mass is 16.5. The fourth-order valence-corrected chi connectivity index (χ4v) is 2.36. The van der Waals surface area contributed by atoms with Gasteiger partial charge in [-0.15, -0.1) is 0 Å². The number of hydrogen-bond acceptors (Lipinski definition) is 4. The summed E-state index contributed by atoms with van der Waals surface area (Å²) < 4.78 is 12.2. The molecule has 0 atom stereocenters. The van der Waals surface area contributed by atoms with E-state index in [1.165, 1.54) is 14.2 Å². The Morgan fingerprint density at radius 2 is 1.75 bits per heavy atom. The van der Waals surface area contributed by atoms with Gasteiger partial charge in [0.1, 0.15) is 5.69 Å². The summed E-state index contributed by atoms with van der Waals surface area (Å²) in [6.45, 7) is 0. The fraction of sp³-hybridized carbons (Fsp3) is 0.111. The highest BCUT2D eigenvalue weighted by molar-refractivity contribution is 6.07. The molecule has 3 aromatic rings. The molecule has 1 N–H and O–H groups in total. The number of hydrogen-bond donors (Lipinski definition) is 1. The lowest BCUT2D eigenvalue weighted by atomic mass is 10.1. The SMILES string of the molecule is COc1ccc(NC(=O)c2ccccc2-n2cccc2)c(OC)n1. The van der Waals surface area contributed by atoms with Crippen LogP contribution in [-0.4, -0.2) is 29.7 Å². The quantitative estimate of drug-likeness (QED) is 0.783. The molecule has 0 unspecified atom stereocenters. The summed E-state index contributed by atoms with van der Waals surface area (Å²) in [5, 5.41) is 2.84. The number of methoxy groups -OCH3 is 2. The van der Waals surface area contributed by atoms with Crippen LogP contribution in [0.2, 0.25) is 0 Å². The van der Waals surface area contributed by atoms with Crippen LogP contribution in [0.3, 0.4) is 0 Å². The lowest BCUT2D eigenvalue weighted by Crippen LogP contribution is -2.15. The van der Waals surface area contributed by atoms with Gasteiger partial charge >= 0.3 is 0 Å². The summed E-state index contributed by atoms with van der Waals surface area (Å²) >= 11 is 0. The maximum atomic E-state index is 12.7. The highest BCUT2D eigenvalue weighted by Crippen LogP contribution is 2.26. The Balaban J connectivity index is 1.92. The lowest BCUT2D eigenvalue weighted by molar-refractivity contribution is 0.102. The maximum Gasteiger partial charge on any atom is 0.257 e. The van der Waals surface area contributed by atoms with Gasteiger partial charge in [0, 0.05) is 18.5 Å². The average molecular weight is 323 g/mol. The Morgan fingerprint density at radius 3 is 2.46 bits per heavy atom. The number of para-hydroxylation sites is 1. The average Bonchev–Trinajstić information content (AvgIpc) is 3.16. The molecule has 0 spiro atoms. The molecule has 0 aliphatic carbocycles. The number of ether oxygens (including phenoxy) is 2. The maximum absolute atomic E-state index is 12.7. The molecule has 0 aliphatic heterocycles. The van der Waals surface area contributed by atoms with Crippen LogP contribution in [-0.2, 0) is 0 Å². The second kappa shape index (κ2) is 6.87. The van der Waals surface area contributed by atoms with Crippen molar-refractivity contribution in [2.24, 2.45) is 0 Å². The first-order chi connectivity index (χ1) is 11.7. The van der Waals surface area contributed by atoms with Crippen molar-refractivity contribution in [3.05, 3.63) is 66.5 Å². The zero-order valence-corrected chi connectivity index (χ0v) is 13.4. The molecule has 1 aromatic carbocycles. The molecule has 0 fully saturated rings. The van der Waals surface area contributed by atoms with Gasteiger partial charge in [0.25, 0.3) is 5.91 Å². The van der Waals surface area contributed by atoms with Gasteiger partial charge in [-0.05, 0) is 30.3 Å². The molecule has 0 saturated heterocycles. The van der Waals surface area contributed by atoms with Crippen molar-refractivity contribution >= 4 is 11.6 Å². The van der Waals surface area contributed by atoms with Gasteiger partial charge in [0.15, 0.2) is 0 Å². The number of carbonyl (C=O) groups is 1. The topological polar surface area (TPSA) is 65.4 Å². The normalized spacial score (nSPS) is 10.2. The molecule has 6 heteroatoms. The number of pyridine rings is 1. The molecule has 0 radical (unpaired) electrons. The molecule has 2 aromatic heterocycles. The van der Waals surface area contributed by atoms with Crippen LogP contribution in [0.25, 0.3) is 5.69 Å². The third kappa shape index (κ3) is 3.08. The van der Waals surface area contributed by atoms with Crippen molar-refractivity contribution in [2.75, 3.05) is 19.5 Å². The number of nitrogens with one attached hydrogen (secondary N) is 1. The van der Waals surface area contributed by atoms with Crippen molar-refractivity contribution in [1.82, 2.24) is 9.55 Å². The fourth-order valence-electron chi connectivity index (χ4n) is 2.36. The van der Waals surface area contributed by atoms with Gasteiger partial charge < -0.3 is 19.4 Å². The van der Waals surface area contributed by atoms with Gasteiger partial charge in [0.05, 0.1) is 25.5 Å². The molecule has 1 amide bonds. The molecule has 2 heterocycles. The van der Waals surface area contributed by atoms with E-state index in [0.717, 1.165) is 5.69 Å². The van der Waals surface area contributed by atoms with E-state index < -0.39 is 0 Å². The van der Waals surface area contributed by atoms with E-state index in [9.17, 15) is 4.79 Å². The number of benzene rings is 1. The monoisotopic (exact) mass is 323 g/mol. The Morgan fingerprint density at radius 1 is 1.00 bits per heavy atom. The Bertz CT molecular complexity index is 844. The molecular formula is C18H17N3O3. The van der Waals surface area contributed by atoms with Crippen LogP contribution < -0.4 is 14.8 Å². The van der Waals surface area contributed by atoms with Gasteiger partial charge in [0.2, 0.25) is 11.8 Å². The van der Waals surface area contributed by atoms with Crippen molar-refractivity contribution in [3.63, 3.8) is 0 Å². The first-order valence-electron chi connectivity index (χ1n) is 7.35. The van der Waals surface area contributed by atoms with E-state index in [0.29, 0.717) is 23.0 Å². The lowest BCUT2D eigenvalue weighted by Gasteiger charge is -2.13. The smallest absolute Gasteiger partial charge is 0.257 e. The van der Waals surface area contributed by atoms with Gasteiger partial charge in [-0.3, -0.25) is 4.79 Å². The van der Waals surface area contributed by atoms with Crippen LogP contribution in [0, 0.1) is 0 Å². The Hall–Kier alpha value is -3.28. The van der Waals surface area contributed by atoms with E-state index in [-0.39, 0.29) is 5.91 Å². The first kappa shape index (κ1) is 15.6. The minimum atomic E-state index is -0.246. The standard InChI is InChI=1S/C18H17N3O3/c1-23-16-10-9-14(18(20-16)24-2)19-17(22)13-7-3-4-8-15(13)21-11-5-6-12-21/h3-12H,1-2H3,(H,19,22). The molecule has 122 valence electrons. The minimum Gasteiger partial charge on any atom is -0.481 e. The zero-order valence-electron chi connectivity index (χ0n) is 13.4. The van der Waals surface area contributed by atoms with E-state index in [1.54, 1.807) is 18.2 Å². The zero-order chi connectivity index (χ0) is 16.9. The third-order valence-corrected chi connectivity index (χ3v) is 3.52. The second-order valence-electron chi connectivity index (χ2n) is 4.97. The molecule has 0 bridgehead atoms. The predicted octanol–water partition coefficient (Wildman–Crippen LogP) is 3.14. The predicted molar refractivity (Wildman–Crippen MR) is 91.1 cm³/mol. The molecule has 0 aliphatic rings. The van der Waals surface area contributed by atoms with E-state index in [4.69, 9.17) is 9.47 Å². The summed E-state index contributed by atoms with van der Waals surface area (Å²) in [7, 11) is 3.01. The number of nitrogens with zero attached hydrogens (tertiary/aromatic N) is 2. The molecular weight excluding hydrogens is 306 g/mol. The van der Waals surface area contributed by atoms with E-state index in [2.05, 4.69) is 10.3 Å². The summed E-state index contributed by atoms with van der Waals surface area (Å²) in [6.07, 6.45) is 3.78. The molecule has 0 saturated carbocycles. The second-order valence-corrected chi connectivity index (χ2v) is 4.97. The van der Waals surface area contributed by atoms with Crippen molar-refractivity contribution in [1.29, 1.82) is 0 Å². The molecule has 3 rings (SSSR count). The Kier molecular flexibility index (Phi) is 4.47. The van der Waals surface area contributed by atoms with Crippen molar-refractivity contribution in [3.8, 4) is 17.4 Å². The summed E-state index contributed by atoms with van der Waals surface area (Å²) in [5.41, 5.74) is 1.82. The number of amides is 1. The molecule has 6 nitrogen and oxygen atoms in total. The molecule has 24 heavy (non-hydrogen) atoms.